The maximum Gasteiger partial charge on any atom is 0.410 e. The highest BCUT2D eigenvalue weighted by molar-refractivity contribution is 9.11. The fourth-order valence-electron chi connectivity index (χ4n) is 2.06. The summed E-state index contributed by atoms with van der Waals surface area (Å²) in [4.78, 5) is 13.6. The van der Waals surface area contributed by atoms with E-state index in [1.165, 1.54) is 4.90 Å². The highest BCUT2D eigenvalue weighted by atomic mass is 79.9. The van der Waals surface area contributed by atoms with Crippen LogP contribution in [0.3, 0.4) is 0 Å². The Bertz CT molecular complexity index is 806. The van der Waals surface area contributed by atoms with Gasteiger partial charge in [0.1, 0.15) is 17.1 Å². The third-order valence-corrected chi connectivity index (χ3v) is 4.72. The molecule has 4 nitrogen and oxygen atoms in total. The molecule has 0 aromatic heterocycles. The Labute approximate surface area is 175 Å². The quantitative estimate of drug-likeness (QED) is 0.448. The van der Waals surface area contributed by atoms with Crippen molar-refractivity contribution in [3.05, 3.63) is 55.9 Å². The fourth-order valence-corrected chi connectivity index (χ4v) is 3.42. The van der Waals surface area contributed by atoms with E-state index in [9.17, 15) is 4.79 Å². The van der Waals surface area contributed by atoms with Gasteiger partial charge in [-0.1, -0.05) is 33.6 Å². The summed E-state index contributed by atoms with van der Waals surface area (Å²) in [7, 11) is 1.67. The zero-order chi connectivity index (χ0) is 19.5. The lowest BCUT2D eigenvalue weighted by atomic mass is 10.2. The van der Waals surface area contributed by atoms with Crippen molar-refractivity contribution in [2.75, 3.05) is 7.05 Å². The van der Waals surface area contributed by atoms with E-state index in [1.807, 2.05) is 51.1 Å². The fraction of sp³-hybridized carbons (Fsp3) is 0.316. The summed E-state index contributed by atoms with van der Waals surface area (Å²) < 4.78 is 13.0. The van der Waals surface area contributed by atoms with Gasteiger partial charge in [-0.25, -0.2) is 4.79 Å². The number of nitrogens with zero attached hydrogens (tertiary/aromatic N) is 1. The second-order valence-corrected chi connectivity index (χ2v) is 8.94. The van der Waals surface area contributed by atoms with Gasteiger partial charge in [-0.2, -0.15) is 0 Å². The maximum atomic E-state index is 12.1. The molecule has 0 heterocycles. The van der Waals surface area contributed by atoms with Gasteiger partial charge in [-0.15, -0.1) is 0 Å². The van der Waals surface area contributed by atoms with Crippen LogP contribution in [0, 0.1) is 0 Å². The first kappa shape index (κ1) is 21.1. The van der Waals surface area contributed by atoms with Gasteiger partial charge in [0.2, 0.25) is 0 Å². The highest BCUT2D eigenvalue weighted by Gasteiger charge is 2.20. The average Bonchev–Trinajstić information content (AvgIpc) is 2.51. The van der Waals surface area contributed by atoms with Gasteiger partial charge in [0.25, 0.3) is 0 Å². The van der Waals surface area contributed by atoms with Crippen molar-refractivity contribution in [3.8, 4) is 11.5 Å². The minimum Gasteiger partial charge on any atom is -0.456 e. The molecule has 0 bridgehead atoms. The lowest BCUT2D eigenvalue weighted by Gasteiger charge is -2.25. The SMILES string of the molecule is CN(Cc1ccc(Oc2ccc(Br)cc2Br)cc1Cl)C(=O)OC(C)(C)C. The first-order chi connectivity index (χ1) is 12.0. The van der Waals surface area contributed by atoms with Gasteiger partial charge in [0.05, 0.1) is 11.0 Å². The Morgan fingerprint density at radius 2 is 1.85 bits per heavy atom. The van der Waals surface area contributed by atoms with Crippen LogP contribution in [0.4, 0.5) is 4.79 Å². The molecule has 26 heavy (non-hydrogen) atoms. The van der Waals surface area contributed by atoms with Gasteiger partial charge < -0.3 is 14.4 Å². The number of benzene rings is 2. The highest BCUT2D eigenvalue weighted by Crippen LogP contribution is 2.33. The van der Waals surface area contributed by atoms with Crippen LogP contribution in [0.1, 0.15) is 26.3 Å². The predicted octanol–water partition coefficient (Wildman–Crippen LogP) is 7.02. The molecular weight excluding hydrogens is 485 g/mol. The second kappa shape index (κ2) is 8.63. The van der Waals surface area contributed by atoms with Crippen LogP contribution < -0.4 is 4.74 Å². The topological polar surface area (TPSA) is 38.8 Å². The lowest BCUT2D eigenvalue weighted by molar-refractivity contribution is 0.0285. The smallest absolute Gasteiger partial charge is 0.410 e. The van der Waals surface area contributed by atoms with Gasteiger partial charge >= 0.3 is 6.09 Å². The molecular formula is C19H20Br2ClNO3. The first-order valence-electron chi connectivity index (χ1n) is 7.90. The third kappa shape index (κ3) is 6.18. The van der Waals surface area contributed by atoms with Crippen molar-refractivity contribution in [2.45, 2.75) is 32.9 Å². The number of ether oxygens (including phenoxy) is 2. The Kier molecular flexibility index (Phi) is 6.99. The summed E-state index contributed by atoms with van der Waals surface area (Å²) in [6.07, 6.45) is -0.396. The Morgan fingerprint density at radius 3 is 2.42 bits per heavy atom. The van der Waals surface area contributed by atoms with Crippen LogP contribution in [0.5, 0.6) is 11.5 Å². The van der Waals surface area contributed by atoms with Crippen molar-refractivity contribution in [2.24, 2.45) is 0 Å². The molecule has 0 unspecified atom stereocenters. The molecule has 1 amide bonds. The molecule has 0 atom stereocenters. The monoisotopic (exact) mass is 503 g/mol. The molecule has 0 spiro atoms. The van der Waals surface area contributed by atoms with Crippen molar-refractivity contribution < 1.29 is 14.3 Å². The molecule has 7 heteroatoms. The van der Waals surface area contributed by atoms with E-state index >= 15 is 0 Å². The van der Waals surface area contributed by atoms with Crippen molar-refractivity contribution >= 4 is 49.6 Å². The average molecular weight is 506 g/mol. The van der Waals surface area contributed by atoms with E-state index in [2.05, 4.69) is 31.9 Å². The molecule has 0 aliphatic carbocycles. The number of amides is 1. The normalized spacial score (nSPS) is 11.2. The maximum absolute atomic E-state index is 12.1. The van der Waals surface area contributed by atoms with E-state index in [0.29, 0.717) is 23.1 Å². The molecule has 0 fully saturated rings. The van der Waals surface area contributed by atoms with Crippen molar-refractivity contribution in [3.63, 3.8) is 0 Å². The molecule has 0 aliphatic heterocycles. The summed E-state index contributed by atoms with van der Waals surface area (Å²) in [5, 5.41) is 0.520. The summed E-state index contributed by atoms with van der Waals surface area (Å²) in [5.41, 5.74) is 0.271. The second-order valence-electron chi connectivity index (χ2n) is 6.77. The van der Waals surface area contributed by atoms with Crippen molar-refractivity contribution in [1.82, 2.24) is 4.90 Å². The molecule has 2 aromatic carbocycles. The van der Waals surface area contributed by atoms with Gasteiger partial charge in [-0.3, -0.25) is 0 Å². The molecule has 2 aromatic rings. The molecule has 0 N–H and O–H groups in total. The lowest BCUT2D eigenvalue weighted by Crippen LogP contribution is -2.33. The number of hydrogen-bond acceptors (Lipinski definition) is 3. The zero-order valence-corrected chi connectivity index (χ0v) is 18.9. The van der Waals surface area contributed by atoms with Gasteiger partial charge in [-0.05, 0) is 72.6 Å². The van der Waals surface area contributed by atoms with E-state index in [1.54, 1.807) is 13.1 Å². The Morgan fingerprint density at radius 1 is 1.15 bits per heavy atom. The molecule has 140 valence electrons. The number of carbonyl (C=O) groups excluding carboxylic acids is 1. The van der Waals surface area contributed by atoms with Crippen LogP contribution >= 0.6 is 43.5 Å². The van der Waals surface area contributed by atoms with Crippen LogP contribution in [-0.4, -0.2) is 23.6 Å². The number of halogens is 3. The van der Waals surface area contributed by atoms with E-state index in [4.69, 9.17) is 21.1 Å². The predicted molar refractivity (Wildman–Crippen MR) is 111 cm³/mol. The number of hydrogen-bond donors (Lipinski definition) is 0. The van der Waals surface area contributed by atoms with Crippen LogP contribution in [0.15, 0.2) is 45.3 Å². The van der Waals surface area contributed by atoms with Crippen LogP contribution in [-0.2, 0) is 11.3 Å². The summed E-state index contributed by atoms with van der Waals surface area (Å²) in [6.45, 7) is 5.84. The molecule has 0 saturated carbocycles. The standard InChI is InChI=1S/C19H20Br2ClNO3/c1-19(2,3)26-18(24)23(4)11-12-5-7-14(10-16(12)22)25-17-8-6-13(20)9-15(17)21/h5-10H,11H2,1-4H3. The van der Waals surface area contributed by atoms with E-state index < -0.39 is 11.7 Å². The van der Waals surface area contributed by atoms with Crippen LogP contribution in [0.2, 0.25) is 5.02 Å². The number of rotatable bonds is 4. The summed E-state index contributed by atoms with van der Waals surface area (Å²) >= 11 is 13.2. The number of carbonyl (C=O) groups is 1. The molecule has 0 saturated heterocycles. The van der Waals surface area contributed by atoms with Gasteiger partial charge in [0, 0.05) is 16.5 Å². The Hall–Kier alpha value is -1.24. The van der Waals surface area contributed by atoms with Crippen LogP contribution in [0.25, 0.3) is 0 Å². The molecule has 2 rings (SSSR count). The van der Waals surface area contributed by atoms with Gasteiger partial charge in [0.15, 0.2) is 0 Å². The van der Waals surface area contributed by atoms with Crippen molar-refractivity contribution in [1.29, 1.82) is 0 Å². The summed E-state index contributed by atoms with van der Waals surface area (Å²) in [6, 6.07) is 11.0. The minimum absolute atomic E-state index is 0.343. The largest absolute Gasteiger partial charge is 0.456 e. The minimum atomic E-state index is -0.537. The molecule has 0 radical (unpaired) electrons. The Balaban J connectivity index is 2.08. The van der Waals surface area contributed by atoms with E-state index in [-0.39, 0.29) is 0 Å². The zero-order valence-electron chi connectivity index (χ0n) is 15.0. The van der Waals surface area contributed by atoms with E-state index in [0.717, 1.165) is 14.5 Å². The third-order valence-electron chi connectivity index (χ3n) is 3.26. The molecule has 0 aliphatic rings. The first-order valence-corrected chi connectivity index (χ1v) is 9.87. The summed E-state index contributed by atoms with van der Waals surface area (Å²) in [5.74, 6) is 1.30.